The van der Waals surface area contributed by atoms with Crippen molar-refractivity contribution in [3.05, 3.63) is 426 Å². The Kier molecular flexibility index (Phi) is 15.2. The fourth-order valence-electron chi connectivity index (χ4n) is 21.0. The number of nitrogens with one attached hydrogen (secondary N) is 1. The van der Waals surface area contributed by atoms with E-state index >= 15 is 0 Å². The highest BCUT2D eigenvalue weighted by Gasteiger charge is 2.49. The lowest BCUT2D eigenvalue weighted by atomic mass is 9.69. The molecule has 26 rings (SSSR count). The van der Waals surface area contributed by atoms with Gasteiger partial charge in [0.25, 0.3) is 0 Å². The van der Waals surface area contributed by atoms with Gasteiger partial charge in [-0.1, -0.05) is 319 Å². The van der Waals surface area contributed by atoms with Crippen LogP contribution in [0.1, 0.15) is 46.2 Å². The summed E-state index contributed by atoms with van der Waals surface area (Å²) >= 11 is 3.73. The molecule has 7 heteroatoms. The Labute approximate surface area is 684 Å². The molecule has 22 aromatic rings. The molecule has 2 spiro atoms. The van der Waals surface area contributed by atoms with Crippen molar-refractivity contribution in [2.45, 2.75) is 23.7 Å². The van der Waals surface area contributed by atoms with Crippen molar-refractivity contribution in [3.8, 4) is 56.0 Å². The van der Waals surface area contributed by atoms with Gasteiger partial charge in [-0.3, -0.25) is 0 Å². The van der Waals surface area contributed by atoms with Crippen molar-refractivity contribution >= 4 is 142 Å². The Morgan fingerprint density at radius 1 is 0.274 bits per heavy atom. The summed E-state index contributed by atoms with van der Waals surface area (Å²) in [5.41, 5.74) is 30.7. The van der Waals surface area contributed by atoms with E-state index in [2.05, 4.69) is 417 Å². The van der Waals surface area contributed by atoms with Gasteiger partial charge < -0.3 is 28.5 Å². The number of halogens is 1. The van der Waals surface area contributed by atoms with Crippen LogP contribution >= 0.6 is 15.9 Å². The third-order valence-electron chi connectivity index (χ3n) is 25.9. The third kappa shape index (κ3) is 10.0. The van der Waals surface area contributed by atoms with Gasteiger partial charge in [-0.05, 0) is 169 Å². The number of rotatable bonds is 7. The Hall–Kier alpha value is -14.2. The average molecular weight is 1560 g/mol. The molecule has 0 saturated heterocycles. The Morgan fingerprint density at radius 3 is 1.18 bits per heavy atom. The highest BCUT2D eigenvalue weighted by Crippen LogP contribution is 2.61. The number of para-hydroxylation sites is 4. The summed E-state index contributed by atoms with van der Waals surface area (Å²) in [5.74, 6) is 1.91. The van der Waals surface area contributed by atoms with Crippen molar-refractivity contribution < 1.29 is 9.47 Å². The second kappa shape index (κ2) is 26.4. The first-order valence-electron chi connectivity index (χ1n) is 40.6. The van der Waals surface area contributed by atoms with Gasteiger partial charge in [0.2, 0.25) is 0 Å². The summed E-state index contributed by atoms with van der Waals surface area (Å²) in [5, 5.41) is 19.0. The number of benzene rings is 18. The van der Waals surface area contributed by atoms with E-state index in [4.69, 9.17) is 9.47 Å². The zero-order valence-corrected chi connectivity index (χ0v) is 65.4. The highest BCUT2D eigenvalue weighted by molar-refractivity contribution is 9.10. The van der Waals surface area contributed by atoms with Crippen molar-refractivity contribution in [1.82, 2.24) is 8.80 Å². The van der Waals surface area contributed by atoms with Gasteiger partial charge in [-0.25, -0.2) is 0 Å². The fraction of sp³-hybridized carbons (Fsp3) is 0.0545. The Balaban J connectivity index is 0.000000112. The number of pyridine rings is 2. The molecule has 0 radical (unpaired) electrons. The molecule has 0 amide bonds. The maximum absolute atomic E-state index is 6.71. The summed E-state index contributed by atoms with van der Waals surface area (Å²) in [6.07, 6.45) is 1.84. The van der Waals surface area contributed by atoms with E-state index in [1.165, 1.54) is 176 Å². The molecule has 0 bridgehead atoms. The molecular weight excluding hydrogens is 1490 g/mol. The number of fused-ring (bicyclic) bond motifs is 24. The van der Waals surface area contributed by atoms with E-state index in [-0.39, 0.29) is 10.8 Å². The van der Waals surface area contributed by atoms with E-state index in [9.17, 15) is 0 Å². The van der Waals surface area contributed by atoms with Gasteiger partial charge in [0.1, 0.15) is 11.5 Å². The molecule has 0 fully saturated rings. The number of hydrogen-bond donors (Lipinski definition) is 1. The number of aromatic nitrogens is 2. The lowest BCUT2D eigenvalue weighted by molar-refractivity contribution is 0.254. The maximum Gasteiger partial charge on any atom is 0.125 e. The highest BCUT2D eigenvalue weighted by atomic mass is 79.9. The van der Waals surface area contributed by atoms with Crippen LogP contribution in [-0.4, -0.2) is 22.0 Å². The second-order valence-electron chi connectivity index (χ2n) is 31.6. The number of nitrogens with zero attached hydrogens (tertiary/aromatic N) is 3. The maximum atomic E-state index is 6.71. The fourth-order valence-corrected chi connectivity index (χ4v) is 21.4. The van der Waals surface area contributed by atoms with Crippen molar-refractivity contribution in [1.29, 1.82) is 0 Å². The number of hydrogen-bond acceptors (Lipinski definition) is 4. The van der Waals surface area contributed by atoms with Gasteiger partial charge in [0.05, 0.1) is 62.8 Å². The molecule has 6 nitrogen and oxygen atoms in total. The molecular formula is C110H73BrN4O2. The summed E-state index contributed by atoms with van der Waals surface area (Å²) in [4.78, 5) is 2.43. The summed E-state index contributed by atoms with van der Waals surface area (Å²) in [6, 6.07) is 141. The van der Waals surface area contributed by atoms with Crippen molar-refractivity contribution in [3.63, 3.8) is 0 Å². The molecule has 6 heterocycles. The molecule has 18 aromatic carbocycles. The third-order valence-corrected chi connectivity index (χ3v) is 26.6. The molecule has 0 saturated carbocycles. The molecule has 2 aliphatic heterocycles. The molecule has 0 unspecified atom stereocenters. The quantitative estimate of drug-likeness (QED) is 0.128. The molecule has 0 atom stereocenters. The molecule has 552 valence electrons. The number of ether oxygens (including phenoxy) is 2. The van der Waals surface area contributed by atoms with Crippen LogP contribution in [0.15, 0.2) is 393 Å². The van der Waals surface area contributed by atoms with Gasteiger partial charge in [0.15, 0.2) is 0 Å². The minimum absolute atomic E-state index is 0.156. The first-order chi connectivity index (χ1) is 57.9. The standard InChI is InChI=1S/C55H36N2O.C33H25NO.C22H12BrN/c1-2-12-35(13-3-1)36-24-26-37(27-25-36)56(38-28-30-48-52(34-38)58-33-32-55(48)46-20-7-4-14-39(46)40-15-5-8-21-47(40)55)50-31-29-42-44-18-10-17-43-41-16-6-9-22-49(41)57(54(43)44)51-23-11-19-45(50)53(42)51;1-2-8-23(9-3-1)24-14-16-25(17-15-24)34-26-18-19-31-32(22-26)35-21-20-33(31)29-12-6-4-10-27(29)28-11-5-7-13-30(28)33;23-18-12-11-14-16-7-3-6-15-13-5-1-2-9-19(13)24(22(15)16)20-10-4-8-17(18)21(14)20/h1-31,34H,32-33H2;1-19,22,34H,20-21H2;1-12H. The van der Waals surface area contributed by atoms with Crippen LogP contribution in [0.4, 0.5) is 28.4 Å². The van der Waals surface area contributed by atoms with Gasteiger partial charge in [-0.15, -0.1) is 0 Å². The number of anilines is 5. The van der Waals surface area contributed by atoms with Crippen molar-refractivity contribution in [2.75, 3.05) is 23.4 Å². The lowest BCUT2D eigenvalue weighted by Gasteiger charge is -2.38. The molecule has 4 aromatic heterocycles. The van der Waals surface area contributed by atoms with Crippen LogP contribution < -0.4 is 19.7 Å². The van der Waals surface area contributed by atoms with Crippen LogP contribution in [0.25, 0.3) is 142 Å². The van der Waals surface area contributed by atoms with Crippen LogP contribution in [0, 0.1) is 0 Å². The van der Waals surface area contributed by atoms with Crippen LogP contribution in [-0.2, 0) is 10.8 Å². The van der Waals surface area contributed by atoms with Crippen LogP contribution in [0.2, 0.25) is 0 Å². The smallest absolute Gasteiger partial charge is 0.125 e. The Morgan fingerprint density at radius 2 is 0.650 bits per heavy atom. The Bertz CT molecular complexity index is 7670. The zero-order valence-electron chi connectivity index (χ0n) is 63.8. The monoisotopic (exact) mass is 1560 g/mol. The molecule has 2 aliphatic carbocycles. The van der Waals surface area contributed by atoms with Gasteiger partial charge in [-0.2, -0.15) is 0 Å². The topological polar surface area (TPSA) is 42.5 Å². The second-order valence-corrected chi connectivity index (χ2v) is 32.5. The SMILES string of the molecule is Brc1ccc2c3cccc4c5ccccc5n(c5cccc1c25)c34.c1ccc(-c2ccc(N(c3ccc4c(c3)OCCC43c4ccccc4-c4ccccc43)c3ccc4c5cccc6c7ccccc7n(c7cccc3c47)c56)cc2)cc1.c1ccc(-c2ccc(Nc3ccc4c(c3)OCCC43c4ccccc4-c4ccccc43)cc2)cc1. The van der Waals surface area contributed by atoms with E-state index in [1.54, 1.807) is 0 Å². The first-order valence-corrected chi connectivity index (χ1v) is 41.4. The molecule has 1 N–H and O–H groups in total. The normalized spacial score (nSPS) is 13.8. The van der Waals surface area contributed by atoms with Gasteiger partial charge >= 0.3 is 0 Å². The summed E-state index contributed by atoms with van der Waals surface area (Å²) in [6.45, 7) is 1.34. The minimum atomic E-state index is -0.264. The van der Waals surface area contributed by atoms with Gasteiger partial charge in [0, 0.05) is 99.0 Å². The van der Waals surface area contributed by atoms with Crippen LogP contribution in [0.3, 0.4) is 0 Å². The molecule has 117 heavy (non-hydrogen) atoms. The van der Waals surface area contributed by atoms with E-state index in [0.717, 1.165) is 57.3 Å². The summed E-state index contributed by atoms with van der Waals surface area (Å²) in [7, 11) is 0. The van der Waals surface area contributed by atoms with E-state index < -0.39 is 0 Å². The van der Waals surface area contributed by atoms with Crippen molar-refractivity contribution in [2.24, 2.45) is 0 Å². The van der Waals surface area contributed by atoms with E-state index in [0.29, 0.717) is 13.2 Å². The molecule has 4 aliphatic rings. The largest absolute Gasteiger partial charge is 0.493 e. The summed E-state index contributed by atoms with van der Waals surface area (Å²) < 4.78 is 19.0. The van der Waals surface area contributed by atoms with E-state index in [1.807, 2.05) is 6.07 Å². The first kappa shape index (κ1) is 67.3. The predicted molar refractivity (Wildman–Crippen MR) is 490 cm³/mol. The lowest BCUT2D eigenvalue weighted by Crippen LogP contribution is -2.33. The van der Waals surface area contributed by atoms with Crippen LogP contribution in [0.5, 0.6) is 11.5 Å². The predicted octanol–water partition coefficient (Wildman–Crippen LogP) is 29.2. The minimum Gasteiger partial charge on any atom is -0.493 e. The average Bonchev–Trinajstić information content (AvgIpc) is 1.61. The zero-order chi connectivity index (χ0) is 77.0.